The third-order valence-corrected chi connectivity index (χ3v) is 6.03. The number of carbonyl (C=O) groups excluding carboxylic acids is 2. The van der Waals surface area contributed by atoms with Crippen molar-refractivity contribution < 1.29 is 14.3 Å². The Balaban J connectivity index is 1.28. The number of fused-ring (bicyclic) bond motifs is 3. The first-order valence-corrected chi connectivity index (χ1v) is 10.7. The Labute approximate surface area is 185 Å². The molecule has 4 aromatic rings. The zero-order valence-electron chi connectivity index (χ0n) is 17.9. The van der Waals surface area contributed by atoms with Gasteiger partial charge in [0.15, 0.2) is 0 Å². The van der Waals surface area contributed by atoms with Crippen LogP contribution in [-0.2, 0) is 28.9 Å². The Morgan fingerprint density at radius 2 is 2.00 bits per heavy atom. The van der Waals surface area contributed by atoms with Crippen LogP contribution >= 0.6 is 0 Å². The number of aryl methyl sites for hydroxylation is 1. The summed E-state index contributed by atoms with van der Waals surface area (Å²) >= 11 is 0. The number of nitrogens with zero attached hydrogens (tertiary/aromatic N) is 3. The maximum atomic E-state index is 13.0. The molecule has 7 nitrogen and oxygen atoms in total. The second-order valence-corrected chi connectivity index (χ2v) is 8.03. The number of carbonyl (C=O) groups is 2. The number of H-pyrrole nitrogens is 1. The fourth-order valence-electron chi connectivity index (χ4n) is 4.29. The molecule has 0 radical (unpaired) electrons. The Hall–Kier alpha value is -3.87. The van der Waals surface area contributed by atoms with Crippen LogP contribution < -0.4 is 0 Å². The van der Waals surface area contributed by atoms with Gasteiger partial charge in [0.25, 0.3) is 0 Å². The summed E-state index contributed by atoms with van der Waals surface area (Å²) in [6, 6.07) is 15.4. The van der Waals surface area contributed by atoms with E-state index in [1.165, 1.54) is 7.11 Å². The van der Waals surface area contributed by atoms with Gasteiger partial charge >= 0.3 is 5.97 Å². The molecular weight excluding hydrogens is 404 g/mol. The fourth-order valence-corrected chi connectivity index (χ4v) is 4.29. The Morgan fingerprint density at radius 1 is 1.16 bits per heavy atom. The van der Waals surface area contributed by atoms with Gasteiger partial charge in [-0.25, -0.2) is 9.48 Å². The van der Waals surface area contributed by atoms with Gasteiger partial charge in [-0.05, 0) is 42.3 Å². The Kier molecular flexibility index (Phi) is 5.23. The van der Waals surface area contributed by atoms with Crippen LogP contribution in [0, 0.1) is 0 Å². The zero-order valence-corrected chi connectivity index (χ0v) is 17.9. The number of nitrogens with one attached hydrogen (secondary N) is 1. The lowest BCUT2D eigenvalue weighted by Gasteiger charge is -2.27. The summed E-state index contributed by atoms with van der Waals surface area (Å²) in [4.78, 5) is 30.2. The fraction of sp³-hybridized carbons (Fsp3) is 0.240. The summed E-state index contributed by atoms with van der Waals surface area (Å²) < 4.78 is 6.68. The minimum atomic E-state index is -0.360. The predicted molar refractivity (Wildman–Crippen MR) is 121 cm³/mol. The van der Waals surface area contributed by atoms with Gasteiger partial charge in [-0.1, -0.05) is 18.2 Å². The normalized spacial score (nSPS) is 13.2. The van der Waals surface area contributed by atoms with Gasteiger partial charge in [0.1, 0.15) is 0 Å². The smallest absolute Gasteiger partial charge is 0.337 e. The van der Waals surface area contributed by atoms with Crippen LogP contribution in [-0.4, -0.2) is 45.2 Å². The molecule has 32 heavy (non-hydrogen) atoms. The van der Waals surface area contributed by atoms with E-state index in [0.29, 0.717) is 31.5 Å². The standard InChI is InChI=1S/C25H24N4O3/c1-32-25(31)18-8-9-22-20(13-18)21-16-28(12-11-23(21)27-22)24(30)10-7-17-14-26-29(15-17)19-5-3-2-4-6-19/h2-6,8-9,13-15,27H,7,10-12,16H2,1H3. The lowest BCUT2D eigenvalue weighted by atomic mass is 10.0. The topological polar surface area (TPSA) is 80.2 Å². The van der Waals surface area contributed by atoms with E-state index in [1.807, 2.05) is 64.4 Å². The van der Waals surface area contributed by atoms with Gasteiger partial charge < -0.3 is 14.6 Å². The van der Waals surface area contributed by atoms with Crippen molar-refractivity contribution >= 4 is 22.8 Å². The third-order valence-electron chi connectivity index (χ3n) is 6.03. The third kappa shape index (κ3) is 3.77. The molecule has 2 aromatic heterocycles. The van der Waals surface area contributed by atoms with Crippen molar-refractivity contribution in [3.63, 3.8) is 0 Å². The monoisotopic (exact) mass is 428 g/mol. The minimum absolute atomic E-state index is 0.126. The van der Waals surface area contributed by atoms with Gasteiger partial charge in [-0.15, -0.1) is 0 Å². The second-order valence-electron chi connectivity index (χ2n) is 8.03. The van der Waals surface area contributed by atoms with Crippen LogP contribution in [0.5, 0.6) is 0 Å². The predicted octanol–water partition coefficient (Wildman–Crippen LogP) is 3.66. The molecule has 5 rings (SSSR count). The largest absolute Gasteiger partial charge is 0.465 e. The van der Waals surface area contributed by atoms with E-state index in [4.69, 9.17) is 4.74 Å². The van der Waals surface area contributed by atoms with E-state index in [-0.39, 0.29) is 11.9 Å². The van der Waals surface area contributed by atoms with E-state index in [9.17, 15) is 9.59 Å². The summed E-state index contributed by atoms with van der Waals surface area (Å²) in [5, 5.41) is 5.39. The molecule has 0 atom stereocenters. The first-order chi connectivity index (χ1) is 15.6. The number of methoxy groups -OCH3 is 1. The molecule has 2 aromatic carbocycles. The number of aromatic amines is 1. The second kappa shape index (κ2) is 8.34. The number of hydrogen-bond acceptors (Lipinski definition) is 4. The zero-order chi connectivity index (χ0) is 22.1. The molecule has 1 amide bonds. The number of hydrogen-bond donors (Lipinski definition) is 1. The number of benzene rings is 2. The molecule has 1 aliphatic rings. The van der Waals surface area contributed by atoms with Crippen LogP contribution in [0.3, 0.4) is 0 Å². The minimum Gasteiger partial charge on any atom is -0.465 e. The molecule has 0 saturated carbocycles. The first-order valence-electron chi connectivity index (χ1n) is 10.7. The molecular formula is C25H24N4O3. The van der Waals surface area contributed by atoms with Crippen LogP contribution in [0.2, 0.25) is 0 Å². The highest BCUT2D eigenvalue weighted by Gasteiger charge is 2.24. The number of rotatable bonds is 5. The summed E-state index contributed by atoms with van der Waals surface area (Å²) in [6.45, 7) is 1.23. The van der Waals surface area contributed by atoms with Gasteiger partial charge in [0.05, 0.1) is 24.6 Å². The molecule has 162 valence electrons. The Morgan fingerprint density at radius 3 is 2.81 bits per heavy atom. The maximum Gasteiger partial charge on any atom is 0.337 e. The first kappa shape index (κ1) is 20.1. The molecule has 1 aliphatic heterocycles. The lowest BCUT2D eigenvalue weighted by Crippen LogP contribution is -2.35. The number of ether oxygens (including phenoxy) is 1. The lowest BCUT2D eigenvalue weighted by molar-refractivity contribution is -0.132. The molecule has 7 heteroatoms. The number of amides is 1. The molecule has 0 aliphatic carbocycles. The summed E-state index contributed by atoms with van der Waals surface area (Å²) in [7, 11) is 1.38. The molecule has 0 unspecified atom stereocenters. The van der Waals surface area contributed by atoms with Gasteiger partial charge in [0.2, 0.25) is 5.91 Å². The van der Waals surface area contributed by atoms with Crippen molar-refractivity contribution in [1.82, 2.24) is 19.7 Å². The van der Waals surface area contributed by atoms with Crippen molar-refractivity contribution in [2.24, 2.45) is 0 Å². The highest BCUT2D eigenvalue weighted by atomic mass is 16.5. The van der Waals surface area contributed by atoms with Crippen LogP contribution in [0.25, 0.3) is 16.6 Å². The Bertz CT molecular complexity index is 1290. The number of para-hydroxylation sites is 1. The van der Waals surface area contributed by atoms with Crippen molar-refractivity contribution in [3.05, 3.63) is 83.3 Å². The summed E-state index contributed by atoms with van der Waals surface area (Å²) in [5.41, 5.74) is 5.75. The van der Waals surface area contributed by atoms with Crippen LogP contribution in [0.15, 0.2) is 60.9 Å². The molecule has 1 N–H and O–H groups in total. The van der Waals surface area contributed by atoms with Crippen molar-refractivity contribution in [3.8, 4) is 5.69 Å². The van der Waals surface area contributed by atoms with Crippen molar-refractivity contribution in [1.29, 1.82) is 0 Å². The molecule has 0 saturated heterocycles. The van der Waals surface area contributed by atoms with Crippen molar-refractivity contribution in [2.75, 3.05) is 13.7 Å². The number of aromatic nitrogens is 3. The van der Waals surface area contributed by atoms with Gasteiger partial charge in [-0.3, -0.25) is 4.79 Å². The average molecular weight is 428 g/mol. The highest BCUT2D eigenvalue weighted by molar-refractivity contribution is 5.96. The summed E-state index contributed by atoms with van der Waals surface area (Å²) in [6.07, 6.45) is 5.66. The van der Waals surface area contributed by atoms with Crippen LogP contribution in [0.4, 0.5) is 0 Å². The summed E-state index contributed by atoms with van der Waals surface area (Å²) in [5.74, 6) is -0.233. The van der Waals surface area contributed by atoms with E-state index >= 15 is 0 Å². The highest BCUT2D eigenvalue weighted by Crippen LogP contribution is 2.29. The van der Waals surface area contributed by atoms with E-state index < -0.39 is 0 Å². The number of esters is 1. The molecule has 0 fully saturated rings. The van der Waals surface area contributed by atoms with E-state index in [0.717, 1.165) is 39.8 Å². The molecule has 0 spiro atoms. The van der Waals surface area contributed by atoms with Gasteiger partial charge in [0, 0.05) is 54.3 Å². The van der Waals surface area contributed by atoms with Crippen molar-refractivity contribution in [2.45, 2.75) is 25.8 Å². The average Bonchev–Trinajstić information content (AvgIpc) is 3.46. The van der Waals surface area contributed by atoms with Crippen LogP contribution in [0.1, 0.15) is 33.6 Å². The van der Waals surface area contributed by atoms with E-state index in [1.54, 1.807) is 6.07 Å². The maximum absolute atomic E-state index is 13.0. The van der Waals surface area contributed by atoms with E-state index in [2.05, 4.69) is 10.1 Å². The molecule has 3 heterocycles. The molecule has 0 bridgehead atoms. The van der Waals surface area contributed by atoms with Gasteiger partial charge in [-0.2, -0.15) is 5.10 Å². The quantitative estimate of drug-likeness (QED) is 0.492. The SMILES string of the molecule is COC(=O)c1ccc2[nH]c3c(c2c1)CN(C(=O)CCc1cnn(-c2ccccc2)c1)CC3.